The third-order valence-electron chi connectivity index (χ3n) is 2.85. The summed E-state index contributed by atoms with van der Waals surface area (Å²) in [6.07, 6.45) is 2.87. The highest BCUT2D eigenvalue weighted by Crippen LogP contribution is 2.06. The minimum Gasteiger partial charge on any atom is -0.481 e. The molecule has 0 aliphatic carbocycles. The first-order valence-electron chi connectivity index (χ1n) is 6.74. The van der Waals surface area contributed by atoms with Gasteiger partial charge in [0.1, 0.15) is 0 Å². The minimum atomic E-state index is -0.861. The van der Waals surface area contributed by atoms with E-state index in [0.29, 0.717) is 31.7 Å². The van der Waals surface area contributed by atoms with Crippen LogP contribution in [0, 0.1) is 0 Å². The summed E-state index contributed by atoms with van der Waals surface area (Å²) in [4.78, 5) is 33.6. The number of carbonyl (C=O) groups excluding carboxylic acids is 1. The average molecular weight is 296 g/mol. The summed E-state index contributed by atoms with van der Waals surface area (Å²) in [6, 6.07) is 2.93. The molecule has 0 fully saturated rings. The van der Waals surface area contributed by atoms with Gasteiger partial charge >= 0.3 is 5.97 Å². The second-order valence-electron chi connectivity index (χ2n) is 4.59. The van der Waals surface area contributed by atoms with E-state index in [1.54, 1.807) is 19.4 Å². The molecule has 7 nitrogen and oxygen atoms in total. The van der Waals surface area contributed by atoms with Crippen molar-refractivity contribution in [2.45, 2.75) is 32.2 Å². The van der Waals surface area contributed by atoms with Gasteiger partial charge in [0.05, 0.1) is 12.3 Å². The molecule has 116 valence electrons. The summed E-state index contributed by atoms with van der Waals surface area (Å²) in [5.41, 5.74) is 0.375. The molecule has 0 spiro atoms. The molecular weight excluding hydrogens is 276 g/mol. The number of anilines is 1. The van der Waals surface area contributed by atoms with E-state index < -0.39 is 5.97 Å². The number of nitrogens with one attached hydrogen (secondary N) is 1. The van der Waals surface area contributed by atoms with Crippen LogP contribution in [0.5, 0.6) is 0 Å². The number of hydrogen-bond donors (Lipinski definition) is 2. The third kappa shape index (κ3) is 6.71. The zero-order valence-corrected chi connectivity index (χ0v) is 12.0. The molecule has 0 aliphatic rings. The molecule has 1 aromatic rings. The van der Waals surface area contributed by atoms with E-state index in [1.807, 2.05) is 0 Å². The van der Waals surface area contributed by atoms with Crippen LogP contribution in [0.1, 0.15) is 25.7 Å². The third-order valence-corrected chi connectivity index (χ3v) is 2.85. The maximum absolute atomic E-state index is 11.7. The number of ether oxygens (including phenoxy) is 1. The van der Waals surface area contributed by atoms with E-state index in [9.17, 15) is 14.4 Å². The normalized spacial score (nSPS) is 10.3. The largest absolute Gasteiger partial charge is 0.481 e. The van der Waals surface area contributed by atoms with Crippen LogP contribution in [-0.2, 0) is 20.9 Å². The van der Waals surface area contributed by atoms with Crippen molar-refractivity contribution >= 4 is 17.6 Å². The quantitative estimate of drug-likeness (QED) is 0.664. The fourth-order valence-electron chi connectivity index (χ4n) is 1.75. The first kappa shape index (κ1) is 16.9. The summed E-state index contributed by atoms with van der Waals surface area (Å²) >= 11 is 0. The maximum atomic E-state index is 11.7. The van der Waals surface area contributed by atoms with Gasteiger partial charge in [0.15, 0.2) is 0 Å². The van der Waals surface area contributed by atoms with E-state index in [2.05, 4.69) is 5.32 Å². The van der Waals surface area contributed by atoms with E-state index in [1.165, 1.54) is 10.6 Å². The van der Waals surface area contributed by atoms with Crippen LogP contribution in [0.25, 0.3) is 0 Å². The van der Waals surface area contributed by atoms with Gasteiger partial charge in [-0.3, -0.25) is 14.4 Å². The predicted octanol–water partition coefficient (Wildman–Crippen LogP) is 1.08. The molecular formula is C14H20N2O5. The van der Waals surface area contributed by atoms with E-state index in [4.69, 9.17) is 9.84 Å². The molecule has 1 aromatic heterocycles. The van der Waals surface area contributed by atoms with Gasteiger partial charge in [-0.15, -0.1) is 0 Å². The van der Waals surface area contributed by atoms with Crippen LogP contribution in [-0.4, -0.2) is 35.3 Å². The monoisotopic (exact) mass is 296 g/mol. The number of pyridine rings is 1. The number of unbranched alkanes of at least 4 members (excludes halogenated alkanes) is 1. The minimum absolute atomic E-state index is 0.0647. The number of hydrogen-bond acceptors (Lipinski definition) is 4. The molecule has 1 heterocycles. The SMILES string of the molecule is COCCn1cc(NC(=O)CCCCC(=O)O)ccc1=O. The first-order valence-corrected chi connectivity index (χ1v) is 6.74. The summed E-state index contributed by atoms with van der Waals surface area (Å²) < 4.78 is 6.37. The standard InChI is InChI=1S/C14H20N2O5/c1-21-9-8-16-10-11(6-7-13(16)18)15-12(17)4-2-3-5-14(19)20/h6-7,10H,2-5,8-9H2,1H3,(H,15,17)(H,19,20). The van der Waals surface area contributed by atoms with Crippen LogP contribution in [0.3, 0.4) is 0 Å². The number of aliphatic carboxylic acids is 1. The predicted molar refractivity (Wildman–Crippen MR) is 77.3 cm³/mol. The van der Waals surface area contributed by atoms with E-state index in [-0.39, 0.29) is 24.3 Å². The first-order chi connectivity index (χ1) is 10.0. The average Bonchev–Trinajstić information content (AvgIpc) is 2.44. The fourth-order valence-corrected chi connectivity index (χ4v) is 1.75. The van der Waals surface area contributed by atoms with Crippen molar-refractivity contribution in [3.63, 3.8) is 0 Å². The van der Waals surface area contributed by atoms with Crippen molar-refractivity contribution in [2.24, 2.45) is 0 Å². The van der Waals surface area contributed by atoms with E-state index >= 15 is 0 Å². The van der Waals surface area contributed by atoms with Gasteiger partial charge in [-0.05, 0) is 18.9 Å². The van der Waals surface area contributed by atoms with Crippen LogP contribution in [0.2, 0.25) is 0 Å². The number of carbonyl (C=O) groups is 2. The molecule has 2 N–H and O–H groups in total. The van der Waals surface area contributed by atoms with Crippen LogP contribution in [0.4, 0.5) is 5.69 Å². The topological polar surface area (TPSA) is 97.6 Å². The van der Waals surface area contributed by atoms with Crippen LogP contribution in [0.15, 0.2) is 23.1 Å². The van der Waals surface area contributed by atoms with Gasteiger partial charge in [0, 0.05) is 38.8 Å². The van der Waals surface area contributed by atoms with Gasteiger partial charge in [-0.25, -0.2) is 0 Å². The number of carboxylic acids is 1. The summed E-state index contributed by atoms with van der Waals surface area (Å²) in [7, 11) is 1.55. The molecule has 7 heteroatoms. The van der Waals surface area contributed by atoms with Gasteiger partial charge in [-0.1, -0.05) is 0 Å². The van der Waals surface area contributed by atoms with Gasteiger partial charge < -0.3 is 19.7 Å². The Balaban J connectivity index is 2.48. The lowest BCUT2D eigenvalue weighted by atomic mass is 10.2. The van der Waals surface area contributed by atoms with Crippen molar-refractivity contribution in [3.05, 3.63) is 28.7 Å². The molecule has 0 saturated carbocycles. The van der Waals surface area contributed by atoms with Crippen molar-refractivity contribution in [3.8, 4) is 0 Å². The Morgan fingerprint density at radius 3 is 2.67 bits per heavy atom. The van der Waals surface area contributed by atoms with Gasteiger partial charge in [0.25, 0.3) is 5.56 Å². The molecule has 1 rings (SSSR count). The molecule has 0 aliphatic heterocycles. The molecule has 0 saturated heterocycles. The summed E-state index contributed by atoms with van der Waals surface area (Å²) in [5, 5.41) is 11.2. The number of nitrogens with zero attached hydrogens (tertiary/aromatic N) is 1. The van der Waals surface area contributed by atoms with Crippen molar-refractivity contribution < 1.29 is 19.4 Å². The molecule has 0 atom stereocenters. The van der Waals surface area contributed by atoms with Crippen LogP contribution < -0.4 is 10.9 Å². The Morgan fingerprint density at radius 1 is 1.29 bits per heavy atom. The van der Waals surface area contributed by atoms with Gasteiger partial charge in [-0.2, -0.15) is 0 Å². The summed E-state index contributed by atoms with van der Waals surface area (Å²) in [6.45, 7) is 0.824. The number of aromatic nitrogens is 1. The molecule has 0 unspecified atom stereocenters. The Kier molecular flexibility index (Phi) is 7.17. The number of amides is 1. The number of rotatable bonds is 9. The second-order valence-corrected chi connectivity index (χ2v) is 4.59. The lowest BCUT2D eigenvalue weighted by Gasteiger charge is -2.09. The number of carboxylic acid groups (broad SMARTS) is 1. The Morgan fingerprint density at radius 2 is 2.00 bits per heavy atom. The Labute approximate surface area is 122 Å². The van der Waals surface area contributed by atoms with Crippen molar-refractivity contribution in [1.82, 2.24) is 4.57 Å². The Hall–Kier alpha value is -2.15. The molecule has 0 bridgehead atoms. The lowest BCUT2D eigenvalue weighted by Crippen LogP contribution is -2.22. The van der Waals surface area contributed by atoms with E-state index in [0.717, 1.165) is 0 Å². The molecule has 0 radical (unpaired) electrons. The number of methoxy groups -OCH3 is 1. The lowest BCUT2D eigenvalue weighted by molar-refractivity contribution is -0.137. The highest BCUT2D eigenvalue weighted by atomic mass is 16.5. The highest BCUT2D eigenvalue weighted by molar-refractivity contribution is 5.90. The zero-order valence-electron chi connectivity index (χ0n) is 12.0. The second kappa shape index (κ2) is 8.91. The molecule has 1 amide bonds. The van der Waals surface area contributed by atoms with Gasteiger partial charge in [0.2, 0.25) is 5.91 Å². The highest BCUT2D eigenvalue weighted by Gasteiger charge is 2.05. The molecule has 0 aromatic carbocycles. The fraction of sp³-hybridized carbons (Fsp3) is 0.500. The molecule has 21 heavy (non-hydrogen) atoms. The zero-order chi connectivity index (χ0) is 15.7. The Bertz CT molecular complexity index is 538. The smallest absolute Gasteiger partial charge is 0.303 e. The maximum Gasteiger partial charge on any atom is 0.303 e. The van der Waals surface area contributed by atoms with Crippen molar-refractivity contribution in [2.75, 3.05) is 19.0 Å². The van der Waals surface area contributed by atoms with Crippen LogP contribution >= 0.6 is 0 Å². The summed E-state index contributed by atoms with van der Waals surface area (Å²) in [5.74, 6) is -1.06. The van der Waals surface area contributed by atoms with Crippen molar-refractivity contribution in [1.29, 1.82) is 0 Å².